The number of halogens is 6. The van der Waals surface area contributed by atoms with E-state index in [9.17, 15) is 35.9 Å². The molecule has 0 radical (unpaired) electrons. The Morgan fingerprint density at radius 3 is 1.94 bits per heavy atom. The van der Waals surface area contributed by atoms with Crippen LogP contribution in [0.4, 0.5) is 32.2 Å². The summed E-state index contributed by atoms with van der Waals surface area (Å²) in [6.07, 6.45) is -8.75. The fraction of sp³-hybridized carbons (Fsp3) is 0.350. The summed E-state index contributed by atoms with van der Waals surface area (Å²) >= 11 is 0. The van der Waals surface area contributed by atoms with Crippen molar-refractivity contribution in [2.45, 2.75) is 39.2 Å². The highest BCUT2D eigenvalue weighted by molar-refractivity contribution is 5.97. The number of anilines is 1. The third-order valence-electron chi connectivity index (χ3n) is 4.26. The number of aromatic nitrogens is 1. The number of alkyl halides is 6. The summed E-state index contributed by atoms with van der Waals surface area (Å²) in [5.74, 6) is -1.37. The molecule has 2 N–H and O–H groups in total. The van der Waals surface area contributed by atoms with Gasteiger partial charge in [0.2, 0.25) is 5.91 Å². The predicted molar refractivity (Wildman–Crippen MR) is 100 cm³/mol. The van der Waals surface area contributed by atoms with Crippen LogP contribution >= 0.6 is 0 Å². The maximum absolute atomic E-state index is 13.0. The van der Waals surface area contributed by atoms with E-state index < -0.39 is 35.4 Å². The van der Waals surface area contributed by atoms with Crippen LogP contribution in [0.15, 0.2) is 36.5 Å². The zero-order chi connectivity index (χ0) is 23.6. The van der Waals surface area contributed by atoms with Gasteiger partial charge in [-0.25, -0.2) is 4.98 Å². The van der Waals surface area contributed by atoms with Gasteiger partial charge in [0.25, 0.3) is 5.91 Å². The Balaban J connectivity index is 2.28. The van der Waals surface area contributed by atoms with Gasteiger partial charge >= 0.3 is 12.4 Å². The molecule has 0 aliphatic heterocycles. The summed E-state index contributed by atoms with van der Waals surface area (Å²) in [6, 6.07) is 2.50. The quantitative estimate of drug-likeness (QED) is 0.619. The lowest BCUT2D eigenvalue weighted by molar-refractivity contribution is -0.143. The minimum Gasteiger partial charge on any atom is -0.346 e. The van der Waals surface area contributed by atoms with Crippen LogP contribution in [-0.2, 0) is 17.1 Å². The summed E-state index contributed by atoms with van der Waals surface area (Å²) in [7, 11) is 0. The lowest BCUT2D eigenvalue weighted by atomic mass is 10.00. The van der Waals surface area contributed by atoms with Crippen LogP contribution in [0.1, 0.15) is 53.9 Å². The van der Waals surface area contributed by atoms with Crippen LogP contribution in [0.5, 0.6) is 0 Å². The van der Waals surface area contributed by atoms with Crippen LogP contribution in [0.2, 0.25) is 0 Å². The number of benzene rings is 1. The fourth-order valence-electron chi connectivity index (χ4n) is 2.50. The first-order valence-corrected chi connectivity index (χ1v) is 9.05. The van der Waals surface area contributed by atoms with Gasteiger partial charge in [0, 0.05) is 17.7 Å². The van der Waals surface area contributed by atoms with Crippen molar-refractivity contribution >= 4 is 17.6 Å². The van der Waals surface area contributed by atoms with Gasteiger partial charge in [-0.1, -0.05) is 13.8 Å². The van der Waals surface area contributed by atoms with Crippen LogP contribution in [0, 0.1) is 5.92 Å². The van der Waals surface area contributed by atoms with Gasteiger partial charge in [-0.2, -0.15) is 26.3 Å². The smallest absolute Gasteiger partial charge is 0.346 e. The number of rotatable bonds is 5. The molecule has 1 heterocycles. The third kappa shape index (κ3) is 6.43. The lowest BCUT2D eigenvalue weighted by Crippen LogP contribution is -2.27. The molecule has 0 bridgehead atoms. The molecule has 0 spiro atoms. The Hall–Kier alpha value is -3.11. The number of hydrogen-bond acceptors (Lipinski definition) is 3. The topological polar surface area (TPSA) is 71.1 Å². The molecule has 5 nitrogen and oxygen atoms in total. The van der Waals surface area contributed by atoms with E-state index in [4.69, 9.17) is 0 Å². The van der Waals surface area contributed by atoms with Gasteiger partial charge in [0.15, 0.2) is 0 Å². The third-order valence-corrected chi connectivity index (χ3v) is 4.26. The van der Waals surface area contributed by atoms with E-state index in [1.807, 2.05) is 0 Å². The van der Waals surface area contributed by atoms with E-state index in [1.54, 1.807) is 13.8 Å². The van der Waals surface area contributed by atoms with Crippen LogP contribution in [0.3, 0.4) is 0 Å². The van der Waals surface area contributed by atoms with Crippen molar-refractivity contribution in [3.63, 3.8) is 0 Å². The van der Waals surface area contributed by atoms with Crippen LogP contribution in [-0.4, -0.2) is 16.8 Å². The van der Waals surface area contributed by atoms with E-state index in [-0.39, 0.29) is 34.8 Å². The van der Waals surface area contributed by atoms with E-state index in [0.717, 1.165) is 0 Å². The predicted octanol–water partition coefficient (Wildman–Crippen LogP) is 5.20. The van der Waals surface area contributed by atoms with E-state index in [2.05, 4.69) is 15.6 Å². The molecule has 2 aromatic rings. The zero-order valence-corrected chi connectivity index (χ0v) is 16.7. The SMILES string of the molecule is CC(C)C(=O)Nc1cc(C(=O)N[C@H](C)c2cc(C(F)(F)F)cc(C(F)(F)F)c2)ccn1. The Morgan fingerprint density at radius 1 is 0.903 bits per heavy atom. The summed E-state index contributed by atoms with van der Waals surface area (Å²) in [5.41, 5.74) is -3.29. The fourth-order valence-corrected chi connectivity index (χ4v) is 2.50. The van der Waals surface area contributed by atoms with Gasteiger partial charge in [0.1, 0.15) is 5.82 Å². The van der Waals surface area contributed by atoms with Crippen molar-refractivity contribution in [2.24, 2.45) is 5.92 Å². The van der Waals surface area contributed by atoms with Crippen molar-refractivity contribution in [3.05, 3.63) is 58.8 Å². The van der Waals surface area contributed by atoms with Gasteiger partial charge < -0.3 is 10.6 Å². The maximum Gasteiger partial charge on any atom is 0.416 e. The van der Waals surface area contributed by atoms with Gasteiger partial charge in [-0.3, -0.25) is 9.59 Å². The minimum atomic E-state index is -4.99. The van der Waals surface area contributed by atoms with Crippen molar-refractivity contribution < 1.29 is 35.9 Å². The highest BCUT2D eigenvalue weighted by atomic mass is 19.4. The molecule has 0 aliphatic rings. The van der Waals surface area contributed by atoms with Crippen molar-refractivity contribution in [1.29, 1.82) is 0 Å². The first-order valence-electron chi connectivity index (χ1n) is 9.05. The molecule has 1 aromatic heterocycles. The largest absolute Gasteiger partial charge is 0.416 e. The molecule has 1 atom stereocenters. The van der Waals surface area contributed by atoms with Gasteiger partial charge in [-0.15, -0.1) is 0 Å². The Bertz CT molecular complexity index is 938. The molecule has 0 saturated heterocycles. The normalized spacial score (nSPS) is 13.1. The van der Waals surface area contributed by atoms with Crippen molar-refractivity contribution in [1.82, 2.24) is 10.3 Å². The average molecular weight is 447 g/mol. The lowest BCUT2D eigenvalue weighted by Gasteiger charge is -2.19. The van der Waals surface area contributed by atoms with Gasteiger partial charge in [0.05, 0.1) is 17.2 Å². The monoisotopic (exact) mass is 447 g/mol. The standard InChI is InChI=1S/C20H19F6N3O2/c1-10(2)17(30)29-16-8-12(4-5-27-16)18(31)28-11(3)13-6-14(19(21,22)23)9-15(7-13)20(24,25)26/h4-11H,1-3H3,(H,28,31)(H,27,29,30)/t11-/m1/s1. The number of carbonyl (C=O) groups excluding carboxylic acids is 2. The number of nitrogens with zero attached hydrogens (tertiary/aromatic N) is 1. The average Bonchev–Trinajstić information content (AvgIpc) is 2.66. The molecule has 0 fully saturated rings. The van der Waals surface area contributed by atoms with Crippen molar-refractivity contribution in [3.8, 4) is 0 Å². The summed E-state index contributed by atoms with van der Waals surface area (Å²) in [4.78, 5) is 28.1. The Kier molecular flexibility index (Phi) is 6.97. The van der Waals surface area contributed by atoms with E-state index in [1.165, 1.54) is 25.3 Å². The maximum atomic E-state index is 13.0. The highest BCUT2D eigenvalue weighted by Gasteiger charge is 2.37. The number of pyridine rings is 1. The van der Waals surface area contributed by atoms with Crippen LogP contribution < -0.4 is 10.6 Å². The summed E-state index contributed by atoms with van der Waals surface area (Å²) < 4.78 is 78.2. The van der Waals surface area contributed by atoms with E-state index in [0.29, 0.717) is 12.1 Å². The van der Waals surface area contributed by atoms with Gasteiger partial charge in [-0.05, 0) is 42.8 Å². The summed E-state index contributed by atoms with van der Waals surface area (Å²) in [6.45, 7) is 4.56. The molecule has 11 heteroatoms. The Labute approximate surface area is 173 Å². The first-order chi connectivity index (χ1) is 14.2. The van der Waals surface area contributed by atoms with Crippen molar-refractivity contribution in [2.75, 3.05) is 5.32 Å². The number of amides is 2. The second-order valence-electron chi connectivity index (χ2n) is 7.11. The summed E-state index contributed by atoms with van der Waals surface area (Å²) in [5, 5.41) is 4.85. The second-order valence-corrected chi connectivity index (χ2v) is 7.11. The number of nitrogens with one attached hydrogen (secondary N) is 2. The molecular weight excluding hydrogens is 428 g/mol. The van der Waals surface area contributed by atoms with Crippen LogP contribution in [0.25, 0.3) is 0 Å². The molecule has 0 saturated carbocycles. The Morgan fingerprint density at radius 2 is 1.45 bits per heavy atom. The molecule has 0 aliphatic carbocycles. The molecular formula is C20H19F6N3O2. The molecule has 2 amide bonds. The highest BCUT2D eigenvalue weighted by Crippen LogP contribution is 2.37. The molecule has 168 valence electrons. The molecule has 31 heavy (non-hydrogen) atoms. The number of carbonyl (C=O) groups is 2. The number of hydrogen-bond donors (Lipinski definition) is 2. The molecule has 2 rings (SSSR count). The second kappa shape index (κ2) is 8.94. The van der Waals surface area contributed by atoms with E-state index >= 15 is 0 Å². The zero-order valence-electron chi connectivity index (χ0n) is 16.7. The first kappa shape index (κ1) is 24.2. The minimum absolute atomic E-state index is 0.0175. The molecule has 1 aromatic carbocycles. The molecule has 0 unspecified atom stereocenters.